The molecule has 0 spiro atoms. The minimum atomic E-state index is -0.780. The van der Waals surface area contributed by atoms with Gasteiger partial charge >= 0.3 is 5.97 Å². The third-order valence-corrected chi connectivity index (χ3v) is 6.70. The molecule has 176 valence electrons. The Morgan fingerprint density at radius 3 is 2.79 bits per heavy atom. The number of carbonyl (C=O) groups is 2. The predicted molar refractivity (Wildman–Crippen MR) is 122 cm³/mol. The van der Waals surface area contributed by atoms with Gasteiger partial charge in [0.25, 0.3) is 5.69 Å². The standard InChI is InChI=1S/C24H27ClN2O6/c1-13-20(23(29)33-12-15-5-4-8-32-15)21(14-6-7-16(25)18(9-14)27(30)31)22-17(26-13)10-24(2,3)11-19(22)28/h6-7,9,15,21,26H,4-5,8,10-12H2,1-3H3/t15-,21+/m1/s1. The van der Waals surface area contributed by atoms with E-state index in [2.05, 4.69) is 5.32 Å². The van der Waals surface area contributed by atoms with Crippen LogP contribution in [0.15, 0.2) is 40.7 Å². The zero-order chi connectivity index (χ0) is 23.9. The van der Waals surface area contributed by atoms with Gasteiger partial charge in [-0.2, -0.15) is 0 Å². The van der Waals surface area contributed by atoms with Gasteiger partial charge in [0, 0.05) is 42.0 Å². The van der Waals surface area contributed by atoms with E-state index in [1.165, 1.54) is 12.1 Å². The molecule has 9 heteroatoms. The molecule has 1 fully saturated rings. The largest absolute Gasteiger partial charge is 0.459 e. The number of rotatable bonds is 5. The maximum Gasteiger partial charge on any atom is 0.336 e. The summed E-state index contributed by atoms with van der Waals surface area (Å²) in [5.74, 6) is -1.44. The summed E-state index contributed by atoms with van der Waals surface area (Å²) >= 11 is 6.03. The molecule has 1 aliphatic carbocycles. The van der Waals surface area contributed by atoms with E-state index in [0.717, 1.165) is 18.5 Å². The Kier molecular flexibility index (Phi) is 6.33. The molecule has 1 saturated heterocycles. The van der Waals surface area contributed by atoms with Crippen molar-refractivity contribution in [2.75, 3.05) is 13.2 Å². The molecule has 2 atom stereocenters. The number of ketones is 1. The normalized spacial score (nSPS) is 24.4. The molecule has 2 heterocycles. The number of nitrogens with one attached hydrogen (secondary N) is 1. The molecule has 8 nitrogen and oxygen atoms in total. The van der Waals surface area contributed by atoms with Crippen LogP contribution in [-0.2, 0) is 19.1 Å². The summed E-state index contributed by atoms with van der Waals surface area (Å²) in [6.45, 7) is 6.56. The Balaban J connectivity index is 1.78. The number of Topliss-reactive ketones (excluding diaryl/α,β-unsaturated/α-hetero) is 1. The van der Waals surface area contributed by atoms with Crippen LogP contribution in [0.4, 0.5) is 5.69 Å². The van der Waals surface area contributed by atoms with Crippen LogP contribution in [0, 0.1) is 15.5 Å². The van der Waals surface area contributed by atoms with Gasteiger partial charge in [-0.1, -0.05) is 31.5 Å². The van der Waals surface area contributed by atoms with Gasteiger partial charge in [0.15, 0.2) is 5.78 Å². The Labute approximate surface area is 197 Å². The van der Waals surface area contributed by atoms with Crippen molar-refractivity contribution in [1.29, 1.82) is 0 Å². The van der Waals surface area contributed by atoms with E-state index >= 15 is 0 Å². The van der Waals surface area contributed by atoms with E-state index in [1.54, 1.807) is 13.0 Å². The Bertz CT molecular complexity index is 1080. The van der Waals surface area contributed by atoms with Gasteiger partial charge in [-0.3, -0.25) is 14.9 Å². The lowest BCUT2D eigenvalue weighted by molar-refractivity contribution is -0.384. The van der Waals surface area contributed by atoms with Crippen LogP contribution in [0.5, 0.6) is 0 Å². The Morgan fingerprint density at radius 2 is 2.12 bits per heavy atom. The molecule has 0 saturated carbocycles. The van der Waals surface area contributed by atoms with Crippen molar-refractivity contribution in [1.82, 2.24) is 5.32 Å². The second kappa shape index (κ2) is 8.91. The summed E-state index contributed by atoms with van der Waals surface area (Å²) < 4.78 is 11.1. The predicted octanol–water partition coefficient (Wildman–Crippen LogP) is 4.57. The molecule has 1 aromatic rings. The minimum absolute atomic E-state index is 0.00815. The number of nitro groups is 1. The number of hydrogen-bond acceptors (Lipinski definition) is 7. The second-order valence-electron chi connectivity index (χ2n) is 9.63. The molecule has 0 unspecified atom stereocenters. The van der Waals surface area contributed by atoms with Crippen molar-refractivity contribution < 1.29 is 24.0 Å². The van der Waals surface area contributed by atoms with E-state index < -0.39 is 16.8 Å². The number of benzene rings is 1. The molecule has 0 radical (unpaired) electrons. The number of hydrogen-bond donors (Lipinski definition) is 1. The number of dihydropyridines is 1. The average molecular weight is 475 g/mol. The lowest BCUT2D eigenvalue weighted by atomic mass is 9.68. The summed E-state index contributed by atoms with van der Waals surface area (Å²) in [5.41, 5.74) is 1.99. The maximum atomic E-state index is 13.3. The number of halogens is 1. The van der Waals surface area contributed by atoms with E-state index in [0.29, 0.717) is 36.3 Å². The molecule has 2 aliphatic heterocycles. The first-order valence-corrected chi connectivity index (χ1v) is 11.4. The first-order chi connectivity index (χ1) is 15.6. The molecule has 4 rings (SSSR count). The summed E-state index contributed by atoms with van der Waals surface area (Å²) in [4.78, 5) is 37.5. The van der Waals surface area contributed by atoms with Gasteiger partial charge in [-0.25, -0.2) is 4.79 Å². The van der Waals surface area contributed by atoms with Crippen molar-refractivity contribution in [3.05, 3.63) is 61.4 Å². The zero-order valence-electron chi connectivity index (χ0n) is 18.9. The number of nitrogens with zero attached hydrogens (tertiary/aromatic N) is 1. The van der Waals surface area contributed by atoms with Crippen LogP contribution in [0.2, 0.25) is 5.02 Å². The highest BCUT2D eigenvalue weighted by molar-refractivity contribution is 6.32. The van der Waals surface area contributed by atoms with E-state index in [4.69, 9.17) is 21.1 Å². The lowest BCUT2D eigenvalue weighted by Gasteiger charge is -2.39. The fourth-order valence-electron chi connectivity index (χ4n) is 4.91. The summed E-state index contributed by atoms with van der Waals surface area (Å²) in [6.07, 6.45) is 2.53. The first-order valence-electron chi connectivity index (χ1n) is 11.0. The van der Waals surface area contributed by atoms with Gasteiger partial charge in [0.05, 0.1) is 16.6 Å². The highest BCUT2D eigenvalue weighted by Crippen LogP contribution is 2.47. The van der Waals surface area contributed by atoms with Crippen LogP contribution in [0.25, 0.3) is 0 Å². The molecule has 1 N–H and O–H groups in total. The molecular weight excluding hydrogens is 448 g/mol. The highest BCUT2D eigenvalue weighted by Gasteiger charge is 2.43. The average Bonchev–Trinajstić information content (AvgIpc) is 3.24. The minimum Gasteiger partial charge on any atom is -0.459 e. The highest BCUT2D eigenvalue weighted by atomic mass is 35.5. The second-order valence-corrected chi connectivity index (χ2v) is 10.0. The number of carbonyl (C=O) groups excluding carboxylic acids is 2. The molecular formula is C24H27ClN2O6. The van der Waals surface area contributed by atoms with Crippen LogP contribution >= 0.6 is 11.6 Å². The van der Waals surface area contributed by atoms with Crippen molar-refractivity contribution in [3.8, 4) is 0 Å². The topological polar surface area (TPSA) is 108 Å². The Morgan fingerprint density at radius 1 is 1.36 bits per heavy atom. The van der Waals surface area contributed by atoms with E-state index in [-0.39, 0.29) is 40.2 Å². The number of allylic oxidation sites excluding steroid dienone is 3. The Hall–Kier alpha value is -2.71. The number of nitro benzene ring substituents is 1. The first kappa shape index (κ1) is 23.4. The van der Waals surface area contributed by atoms with Crippen molar-refractivity contribution >= 4 is 29.0 Å². The third-order valence-electron chi connectivity index (χ3n) is 6.38. The monoisotopic (exact) mass is 474 g/mol. The van der Waals surface area contributed by atoms with Crippen LogP contribution in [0.3, 0.4) is 0 Å². The van der Waals surface area contributed by atoms with Gasteiger partial charge in [-0.05, 0) is 43.2 Å². The summed E-state index contributed by atoms with van der Waals surface area (Å²) in [5, 5.41) is 14.8. The molecule has 0 amide bonds. The molecule has 0 aromatic heterocycles. The summed E-state index contributed by atoms with van der Waals surface area (Å²) in [6, 6.07) is 4.40. The van der Waals surface area contributed by atoms with Crippen molar-refractivity contribution in [2.45, 2.75) is 58.5 Å². The fraction of sp³-hybridized carbons (Fsp3) is 0.500. The maximum absolute atomic E-state index is 13.3. The zero-order valence-corrected chi connectivity index (χ0v) is 19.7. The van der Waals surface area contributed by atoms with E-state index in [1.807, 2.05) is 13.8 Å². The van der Waals surface area contributed by atoms with Gasteiger partial charge in [-0.15, -0.1) is 0 Å². The van der Waals surface area contributed by atoms with Gasteiger partial charge in [0.1, 0.15) is 11.6 Å². The molecule has 1 aromatic carbocycles. The number of esters is 1. The molecule has 33 heavy (non-hydrogen) atoms. The summed E-state index contributed by atoms with van der Waals surface area (Å²) in [7, 11) is 0. The van der Waals surface area contributed by atoms with Crippen LogP contribution in [-0.4, -0.2) is 36.0 Å². The van der Waals surface area contributed by atoms with Gasteiger partial charge < -0.3 is 14.8 Å². The van der Waals surface area contributed by atoms with Crippen LogP contribution < -0.4 is 5.32 Å². The fourth-order valence-corrected chi connectivity index (χ4v) is 5.10. The van der Waals surface area contributed by atoms with E-state index in [9.17, 15) is 19.7 Å². The van der Waals surface area contributed by atoms with Crippen molar-refractivity contribution in [2.24, 2.45) is 5.41 Å². The molecule has 3 aliphatic rings. The van der Waals surface area contributed by atoms with Crippen LogP contribution in [0.1, 0.15) is 57.9 Å². The van der Waals surface area contributed by atoms with Crippen molar-refractivity contribution in [3.63, 3.8) is 0 Å². The third kappa shape index (κ3) is 4.68. The van der Waals surface area contributed by atoms with Gasteiger partial charge in [0.2, 0.25) is 0 Å². The smallest absolute Gasteiger partial charge is 0.336 e. The SMILES string of the molecule is CC1=C(C(=O)OC[C@H]2CCCO2)[C@H](c2ccc(Cl)c([N+](=O)[O-])c2)C2=C(CC(C)(C)CC2=O)N1. The molecule has 0 bridgehead atoms. The number of ether oxygens (including phenoxy) is 2. The quantitative estimate of drug-likeness (QED) is 0.378. The lowest BCUT2D eigenvalue weighted by Crippen LogP contribution is -2.39.